The van der Waals surface area contributed by atoms with Gasteiger partial charge in [0.25, 0.3) is 5.91 Å². The van der Waals surface area contributed by atoms with Gasteiger partial charge < -0.3 is 24.0 Å². The molecule has 2 aliphatic heterocycles. The van der Waals surface area contributed by atoms with Crippen LogP contribution in [-0.4, -0.2) is 88.0 Å². The molecule has 0 bridgehead atoms. The number of likely N-dealkylation sites (tertiary alicyclic amines) is 1. The Bertz CT molecular complexity index is 1040. The predicted molar refractivity (Wildman–Crippen MR) is 124 cm³/mol. The molecule has 1 spiro atoms. The number of piperidine rings is 1. The normalized spacial score (nSPS) is 21.4. The second-order valence-electron chi connectivity index (χ2n) is 9.44. The molecule has 2 aromatic rings. The summed E-state index contributed by atoms with van der Waals surface area (Å²) in [5.74, 6) is 0.303. The monoisotopic (exact) mass is 465 g/mol. The first kappa shape index (κ1) is 22.4. The van der Waals surface area contributed by atoms with Crippen molar-refractivity contribution in [1.82, 2.24) is 24.3 Å². The molecular formula is C25H31N5O4. The average molecular weight is 466 g/mol. The second kappa shape index (κ2) is 9.12. The first-order chi connectivity index (χ1) is 16.5. The van der Waals surface area contributed by atoms with Crippen LogP contribution in [0.1, 0.15) is 36.5 Å². The fourth-order valence-corrected chi connectivity index (χ4v) is 5.32. The van der Waals surface area contributed by atoms with Crippen molar-refractivity contribution in [2.75, 3.05) is 45.9 Å². The van der Waals surface area contributed by atoms with Crippen molar-refractivity contribution in [1.29, 1.82) is 0 Å². The summed E-state index contributed by atoms with van der Waals surface area (Å²) in [7, 11) is 0. The molecule has 3 amide bonds. The highest BCUT2D eigenvalue weighted by molar-refractivity contribution is 5.94. The number of aromatic nitrogens is 2. The number of imidazole rings is 1. The van der Waals surface area contributed by atoms with Crippen LogP contribution in [0, 0.1) is 11.3 Å². The summed E-state index contributed by atoms with van der Waals surface area (Å²) in [6, 6.07) is 7.58. The highest BCUT2D eigenvalue weighted by Crippen LogP contribution is 2.60. The lowest BCUT2D eigenvalue weighted by Gasteiger charge is -2.36. The van der Waals surface area contributed by atoms with Gasteiger partial charge in [0, 0.05) is 68.8 Å². The topological polar surface area (TPSA) is 88.0 Å². The molecule has 3 fully saturated rings. The Morgan fingerprint density at radius 2 is 1.65 bits per heavy atom. The van der Waals surface area contributed by atoms with E-state index in [0.717, 1.165) is 24.9 Å². The Morgan fingerprint density at radius 1 is 0.971 bits per heavy atom. The SMILES string of the molecule is CCOC(=O)N1CCN(C(=O)[C@@H]2CC23CCN(C(=O)c2ccc(-n4ccnc4)cc2)CC3)CC1. The Morgan fingerprint density at radius 3 is 2.26 bits per heavy atom. The van der Waals surface area contributed by atoms with Gasteiger partial charge in [-0.3, -0.25) is 9.59 Å². The third kappa shape index (κ3) is 4.26. The van der Waals surface area contributed by atoms with E-state index in [0.29, 0.717) is 51.4 Å². The van der Waals surface area contributed by atoms with Gasteiger partial charge in [-0.15, -0.1) is 0 Å². The molecule has 1 atom stereocenters. The van der Waals surface area contributed by atoms with Crippen LogP contribution in [0.2, 0.25) is 0 Å². The van der Waals surface area contributed by atoms with E-state index in [1.165, 1.54) is 0 Å². The van der Waals surface area contributed by atoms with Crippen molar-refractivity contribution < 1.29 is 19.1 Å². The van der Waals surface area contributed by atoms with Crippen LogP contribution in [0.25, 0.3) is 5.69 Å². The maximum Gasteiger partial charge on any atom is 0.409 e. The van der Waals surface area contributed by atoms with Gasteiger partial charge in [0.15, 0.2) is 0 Å². The number of ether oxygens (including phenoxy) is 1. The summed E-state index contributed by atoms with van der Waals surface area (Å²) in [5, 5.41) is 0. The van der Waals surface area contributed by atoms with Crippen molar-refractivity contribution in [2.45, 2.75) is 26.2 Å². The lowest BCUT2D eigenvalue weighted by molar-refractivity contribution is -0.135. The van der Waals surface area contributed by atoms with Crippen molar-refractivity contribution in [3.05, 3.63) is 48.5 Å². The lowest BCUT2D eigenvalue weighted by atomic mass is 9.90. The highest BCUT2D eigenvalue weighted by Gasteiger charge is 2.59. The molecule has 3 aliphatic rings. The molecule has 9 heteroatoms. The minimum Gasteiger partial charge on any atom is -0.450 e. The summed E-state index contributed by atoms with van der Waals surface area (Å²) in [6.07, 6.45) is 7.66. The predicted octanol–water partition coefficient (Wildman–Crippen LogP) is 2.42. The minimum atomic E-state index is -0.300. The number of nitrogens with zero attached hydrogens (tertiary/aromatic N) is 5. The molecule has 0 N–H and O–H groups in total. The Kier molecular flexibility index (Phi) is 6.02. The van der Waals surface area contributed by atoms with E-state index < -0.39 is 0 Å². The number of carbonyl (C=O) groups excluding carboxylic acids is 3. The quantitative estimate of drug-likeness (QED) is 0.692. The minimum absolute atomic E-state index is 0.0391. The van der Waals surface area contributed by atoms with Crippen LogP contribution in [0.3, 0.4) is 0 Å². The van der Waals surface area contributed by atoms with E-state index in [1.807, 2.05) is 44.8 Å². The number of hydrogen-bond acceptors (Lipinski definition) is 5. The molecule has 9 nitrogen and oxygen atoms in total. The number of carbonyl (C=O) groups is 3. The Labute approximate surface area is 199 Å². The average Bonchev–Trinajstić information content (AvgIpc) is 3.29. The van der Waals surface area contributed by atoms with Crippen LogP contribution in [0.5, 0.6) is 0 Å². The van der Waals surface area contributed by atoms with Crippen molar-refractivity contribution in [2.24, 2.45) is 11.3 Å². The van der Waals surface area contributed by atoms with Gasteiger partial charge in [0.1, 0.15) is 0 Å². The summed E-state index contributed by atoms with van der Waals surface area (Å²) >= 11 is 0. The van der Waals surface area contributed by atoms with E-state index in [9.17, 15) is 14.4 Å². The van der Waals surface area contributed by atoms with Gasteiger partial charge in [0.05, 0.1) is 12.9 Å². The van der Waals surface area contributed by atoms with E-state index in [4.69, 9.17) is 4.74 Å². The van der Waals surface area contributed by atoms with Crippen LogP contribution in [-0.2, 0) is 9.53 Å². The summed E-state index contributed by atoms with van der Waals surface area (Å²) in [4.78, 5) is 47.5. The van der Waals surface area contributed by atoms with Gasteiger partial charge in [0.2, 0.25) is 5.91 Å². The second-order valence-corrected chi connectivity index (χ2v) is 9.44. The fourth-order valence-electron chi connectivity index (χ4n) is 5.32. The van der Waals surface area contributed by atoms with E-state index >= 15 is 0 Å². The first-order valence-electron chi connectivity index (χ1n) is 12.1. The molecule has 1 aliphatic carbocycles. The van der Waals surface area contributed by atoms with Gasteiger partial charge in [-0.05, 0) is 55.9 Å². The third-order valence-corrected chi connectivity index (χ3v) is 7.57. The summed E-state index contributed by atoms with van der Waals surface area (Å²) in [6.45, 7) is 5.68. The molecule has 0 radical (unpaired) electrons. The van der Waals surface area contributed by atoms with Crippen LogP contribution >= 0.6 is 0 Å². The van der Waals surface area contributed by atoms with Gasteiger partial charge in [-0.2, -0.15) is 0 Å². The molecule has 2 saturated heterocycles. The highest BCUT2D eigenvalue weighted by atomic mass is 16.6. The van der Waals surface area contributed by atoms with Crippen LogP contribution < -0.4 is 0 Å². The molecular weight excluding hydrogens is 434 g/mol. The van der Waals surface area contributed by atoms with Crippen molar-refractivity contribution in [3.63, 3.8) is 0 Å². The zero-order valence-electron chi connectivity index (χ0n) is 19.6. The number of amides is 3. The van der Waals surface area contributed by atoms with E-state index in [-0.39, 0.29) is 29.2 Å². The molecule has 0 unspecified atom stereocenters. The number of hydrogen-bond donors (Lipinski definition) is 0. The molecule has 1 aromatic heterocycles. The van der Waals surface area contributed by atoms with Gasteiger partial charge in [-0.1, -0.05) is 0 Å². The van der Waals surface area contributed by atoms with Gasteiger partial charge >= 0.3 is 6.09 Å². The summed E-state index contributed by atoms with van der Waals surface area (Å²) in [5.41, 5.74) is 1.69. The molecule has 34 heavy (non-hydrogen) atoms. The largest absolute Gasteiger partial charge is 0.450 e. The lowest BCUT2D eigenvalue weighted by Crippen LogP contribution is -2.51. The maximum absolute atomic E-state index is 13.1. The number of rotatable bonds is 4. The van der Waals surface area contributed by atoms with Crippen LogP contribution in [0.15, 0.2) is 43.0 Å². The number of piperazine rings is 1. The Hall–Kier alpha value is -3.36. The van der Waals surface area contributed by atoms with Crippen molar-refractivity contribution >= 4 is 17.9 Å². The molecule has 3 heterocycles. The Balaban J connectivity index is 1.11. The van der Waals surface area contributed by atoms with E-state index in [1.54, 1.807) is 24.3 Å². The van der Waals surface area contributed by atoms with Crippen molar-refractivity contribution in [3.8, 4) is 5.69 Å². The van der Waals surface area contributed by atoms with E-state index in [2.05, 4.69) is 4.98 Å². The van der Waals surface area contributed by atoms with Gasteiger partial charge in [-0.25, -0.2) is 9.78 Å². The number of benzene rings is 1. The maximum atomic E-state index is 13.1. The molecule has 1 aromatic carbocycles. The smallest absolute Gasteiger partial charge is 0.409 e. The molecule has 1 saturated carbocycles. The third-order valence-electron chi connectivity index (χ3n) is 7.57. The standard InChI is InChI=1S/C25H31N5O4/c1-2-34-24(33)29-15-13-28(14-16-29)23(32)21-17-25(21)7-10-27(11-8-25)22(31)19-3-5-20(6-4-19)30-12-9-26-18-30/h3-6,9,12,18,21H,2,7-8,10-11,13-17H2,1H3/t21-/m0/s1. The molecule has 5 rings (SSSR count). The fraction of sp³-hybridized carbons (Fsp3) is 0.520. The first-order valence-corrected chi connectivity index (χ1v) is 12.1. The van der Waals surface area contributed by atoms with Crippen LogP contribution in [0.4, 0.5) is 4.79 Å². The summed E-state index contributed by atoms with van der Waals surface area (Å²) < 4.78 is 6.96. The zero-order valence-corrected chi connectivity index (χ0v) is 19.6. The molecule has 180 valence electrons. The zero-order chi connectivity index (χ0) is 23.7.